The van der Waals surface area contributed by atoms with E-state index in [0.717, 1.165) is 5.69 Å². The van der Waals surface area contributed by atoms with Crippen molar-refractivity contribution in [2.45, 2.75) is 6.04 Å². The molecular weight excluding hydrogens is 254 g/mol. The SMILES string of the molecule is COc1cnn(C)c1C(NN)c1ncccc1Cl. The van der Waals surface area contributed by atoms with Crippen molar-refractivity contribution >= 4 is 11.6 Å². The number of methoxy groups -OCH3 is 1. The highest BCUT2D eigenvalue weighted by molar-refractivity contribution is 6.31. The van der Waals surface area contributed by atoms with Crippen molar-refractivity contribution in [3.63, 3.8) is 0 Å². The molecule has 2 heterocycles. The summed E-state index contributed by atoms with van der Waals surface area (Å²) in [4.78, 5) is 4.25. The molecule has 0 spiro atoms. The Morgan fingerprint density at radius 3 is 2.94 bits per heavy atom. The van der Waals surface area contributed by atoms with Crippen LogP contribution in [-0.4, -0.2) is 21.9 Å². The summed E-state index contributed by atoms with van der Waals surface area (Å²) in [7, 11) is 3.38. The van der Waals surface area contributed by atoms with E-state index in [2.05, 4.69) is 15.5 Å². The van der Waals surface area contributed by atoms with Gasteiger partial charge in [0.2, 0.25) is 0 Å². The van der Waals surface area contributed by atoms with Crippen LogP contribution in [0.5, 0.6) is 5.75 Å². The lowest BCUT2D eigenvalue weighted by Crippen LogP contribution is -2.31. The molecular formula is C11H14ClN5O. The maximum absolute atomic E-state index is 6.13. The topological polar surface area (TPSA) is 78.0 Å². The summed E-state index contributed by atoms with van der Waals surface area (Å²) in [6, 6.07) is 3.14. The van der Waals surface area contributed by atoms with Crippen LogP contribution in [0, 0.1) is 0 Å². The zero-order valence-electron chi connectivity index (χ0n) is 10.1. The second-order valence-electron chi connectivity index (χ2n) is 3.69. The van der Waals surface area contributed by atoms with Crippen LogP contribution in [0.15, 0.2) is 24.5 Å². The first-order valence-electron chi connectivity index (χ1n) is 5.31. The minimum atomic E-state index is -0.388. The van der Waals surface area contributed by atoms with Crippen LogP contribution in [-0.2, 0) is 7.05 Å². The van der Waals surface area contributed by atoms with Crippen molar-refractivity contribution in [1.82, 2.24) is 20.2 Å². The van der Waals surface area contributed by atoms with E-state index in [1.807, 2.05) is 0 Å². The second kappa shape index (κ2) is 5.34. The van der Waals surface area contributed by atoms with Crippen LogP contribution in [0.3, 0.4) is 0 Å². The number of rotatable bonds is 4. The molecule has 96 valence electrons. The van der Waals surface area contributed by atoms with Crippen molar-refractivity contribution in [2.24, 2.45) is 12.9 Å². The molecule has 3 N–H and O–H groups in total. The van der Waals surface area contributed by atoms with Gasteiger partial charge in [0, 0.05) is 13.2 Å². The third-order valence-corrected chi connectivity index (χ3v) is 2.99. The van der Waals surface area contributed by atoms with Gasteiger partial charge in [0.05, 0.1) is 24.0 Å². The molecule has 0 saturated heterocycles. The number of pyridine rings is 1. The van der Waals surface area contributed by atoms with Crippen molar-refractivity contribution in [3.05, 3.63) is 40.9 Å². The lowest BCUT2D eigenvalue weighted by atomic mass is 10.1. The van der Waals surface area contributed by atoms with E-state index in [0.29, 0.717) is 16.5 Å². The van der Waals surface area contributed by atoms with Gasteiger partial charge in [0.1, 0.15) is 11.7 Å². The monoisotopic (exact) mass is 267 g/mol. The zero-order valence-corrected chi connectivity index (χ0v) is 10.8. The average molecular weight is 268 g/mol. The van der Waals surface area contributed by atoms with Gasteiger partial charge >= 0.3 is 0 Å². The number of halogens is 1. The van der Waals surface area contributed by atoms with Crippen LogP contribution in [0.4, 0.5) is 0 Å². The zero-order chi connectivity index (χ0) is 13.1. The van der Waals surface area contributed by atoms with Crippen molar-refractivity contribution in [2.75, 3.05) is 7.11 Å². The normalized spacial score (nSPS) is 12.4. The third kappa shape index (κ3) is 2.17. The van der Waals surface area contributed by atoms with Crippen molar-refractivity contribution < 1.29 is 4.74 Å². The van der Waals surface area contributed by atoms with Gasteiger partial charge in [-0.25, -0.2) is 5.43 Å². The van der Waals surface area contributed by atoms with E-state index in [-0.39, 0.29) is 6.04 Å². The Labute approximate surface area is 110 Å². The quantitative estimate of drug-likeness (QED) is 0.639. The summed E-state index contributed by atoms with van der Waals surface area (Å²) in [5, 5.41) is 4.67. The van der Waals surface area contributed by atoms with E-state index in [1.165, 1.54) is 0 Å². The highest BCUT2D eigenvalue weighted by Crippen LogP contribution is 2.31. The first kappa shape index (κ1) is 12.8. The molecule has 2 aromatic heterocycles. The van der Waals surface area contributed by atoms with Crippen LogP contribution in [0.2, 0.25) is 5.02 Å². The van der Waals surface area contributed by atoms with Gasteiger partial charge in [-0.05, 0) is 12.1 Å². The highest BCUT2D eigenvalue weighted by Gasteiger charge is 2.24. The highest BCUT2D eigenvalue weighted by atomic mass is 35.5. The Balaban J connectivity index is 2.52. The van der Waals surface area contributed by atoms with E-state index < -0.39 is 0 Å². The molecule has 18 heavy (non-hydrogen) atoms. The van der Waals surface area contributed by atoms with Crippen LogP contribution in [0.25, 0.3) is 0 Å². The molecule has 0 fully saturated rings. The summed E-state index contributed by atoms with van der Waals surface area (Å²) >= 11 is 6.13. The van der Waals surface area contributed by atoms with Gasteiger partial charge < -0.3 is 4.74 Å². The van der Waals surface area contributed by atoms with E-state index in [4.69, 9.17) is 22.2 Å². The summed E-state index contributed by atoms with van der Waals surface area (Å²) < 4.78 is 6.94. The van der Waals surface area contributed by atoms with E-state index in [1.54, 1.807) is 43.4 Å². The summed E-state index contributed by atoms with van der Waals surface area (Å²) in [5.74, 6) is 6.24. The minimum Gasteiger partial charge on any atom is -0.493 e. The third-order valence-electron chi connectivity index (χ3n) is 2.67. The predicted octanol–water partition coefficient (Wildman–Crippen LogP) is 1.03. The van der Waals surface area contributed by atoms with Gasteiger partial charge in [-0.3, -0.25) is 15.5 Å². The fraction of sp³-hybridized carbons (Fsp3) is 0.273. The van der Waals surface area contributed by atoms with E-state index >= 15 is 0 Å². The fourth-order valence-electron chi connectivity index (χ4n) is 1.81. The van der Waals surface area contributed by atoms with Gasteiger partial charge in [0.15, 0.2) is 5.75 Å². The number of aromatic nitrogens is 3. The first-order valence-corrected chi connectivity index (χ1v) is 5.69. The Kier molecular flexibility index (Phi) is 3.81. The van der Waals surface area contributed by atoms with Crippen LogP contribution >= 0.6 is 11.6 Å². The molecule has 0 aliphatic heterocycles. The lowest BCUT2D eigenvalue weighted by molar-refractivity contribution is 0.400. The molecule has 0 amide bonds. The second-order valence-corrected chi connectivity index (χ2v) is 4.10. The Bertz CT molecular complexity index is 542. The molecule has 0 saturated carbocycles. The fourth-order valence-corrected chi connectivity index (χ4v) is 2.04. The number of hydrogen-bond acceptors (Lipinski definition) is 5. The van der Waals surface area contributed by atoms with Gasteiger partial charge in [-0.15, -0.1) is 0 Å². The van der Waals surface area contributed by atoms with Crippen molar-refractivity contribution in [1.29, 1.82) is 0 Å². The smallest absolute Gasteiger partial charge is 0.162 e. The van der Waals surface area contributed by atoms with Gasteiger partial charge in [-0.1, -0.05) is 11.6 Å². The summed E-state index contributed by atoms with van der Waals surface area (Å²) in [6.07, 6.45) is 3.28. The number of nitrogens with one attached hydrogen (secondary N) is 1. The number of hydrogen-bond donors (Lipinski definition) is 2. The number of ether oxygens (including phenoxy) is 1. The Morgan fingerprint density at radius 2 is 2.33 bits per heavy atom. The largest absolute Gasteiger partial charge is 0.493 e. The maximum Gasteiger partial charge on any atom is 0.162 e. The molecule has 2 rings (SSSR count). The first-order chi connectivity index (χ1) is 8.69. The van der Waals surface area contributed by atoms with Gasteiger partial charge in [0.25, 0.3) is 0 Å². The van der Waals surface area contributed by atoms with Crippen LogP contribution < -0.4 is 16.0 Å². The molecule has 0 aliphatic carbocycles. The molecule has 7 heteroatoms. The molecule has 1 unspecified atom stereocenters. The lowest BCUT2D eigenvalue weighted by Gasteiger charge is -2.18. The molecule has 1 atom stereocenters. The predicted molar refractivity (Wildman–Crippen MR) is 68.2 cm³/mol. The maximum atomic E-state index is 6.13. The molecule has 0 aromatic carbocycles. The molecule has 0 radical (unpaired) electrons. The molecule has 6 nitrogen and oxygen atoms in total. The summed E-state index contributed by atoms with van der Waals surface area (Å²) in [6.45, 7) is 0. The Hall–Kier alpha value is -1.63. The Morgan fingerprint density at radius 1 is 1.56 bits per heavy atom. The molecule has 0 aliphatic rings. The number of nitrogens with two attached hydrogens (primary N) is 1. The van der Waals surface area contributed by atoms with Crippen LogP contribution in [0.1, 0.15) is 17.4 Å². The molecule has 0 bridgehead atoms. The van der Waals surface area contributed by atoms with Gasteiger partial charge in [-0.2, -0.15) is 5.10 Å². The average Bonchev–Trinajstić information content (AvgIpc) is 2.74. The van der Waals surface area contributed by atoms with E-state index in [9.17, 15) is 0 Å². The number of nitrogens with zero attached hydrogens (tertiary/aromatic N) is 3. The standard InChI is InChI=1S/C11H14ClN5O/c1-17-11(8(18-2)6-15-17)10(16-13)9-7(12)4-3-5-14-9/h3-6,10,16H,13H2,1-2H3. The number of aryl methyl sites for hydroxylation is 1. The van der Waals surface area contributed by atoms with Crippen molar-refractivity contribution in [3.8, 4) is 5.75 Å². The summed E-state index contributed by atoms with van der Waals surface area (Å²) in [5.41, 5.74) is 4.08. The number of hydrazine groups is 1. The minimum absolute atomic E-state index is 0.388. The molecule has 2 aromatic rings.